The van der Waals surface area contributed by atoms with Crippen molar-refractivity contribution in [3.8, 4) is 11.3 Å². The molecule has 2 aromatic rings. The van der Waals surface area contributed by atoms with Crippen LogP contribution in [0.1, 0.15) is 0 Å². The van der Waals surface area contributed by atoms with Gasteiger partial charge < -0.3 is 4.98 Å². The fourth-order valence-corrected chi connectivity index (χ4v) is 2.22. The number of benzene rings is 1. The van der Waals surface area contributed by atoms with Gasteiger partial charge in [-0.3, -0.25) is 0 Å². The van der Waals surface area contributed by atoms with Crippen molar-refractivity contribution in [3.63, 3.8) is 0 Å². The van der Waals surface area contributed by atoms with Crippen LogP contribution in [0.4, 0.5) is 0 Å². The summed E-state index contributed by atoms with van der Waals surface area (Å²) in [4.78, 5) is 7.12. The molecular weight excluding hydrogens is 256 g/mol. The van der Waals surface area contributed by atoms with Crippen molar-refractivity contribution in [1.29, 1.82) is 0 Å². The second-order valence-electron chi connectivity index (χ2n) is 3.59. The molecule has 0 aliphatic rings. The zero-order valence-corrected chi connectivity index (χ0v) is 10.7. The Hall–Kier alpha value is -1.53. The van der Waals surface area contributed by atoms with Crippen LogP contribution in [0.5, 0.6) is 0 Å². The molecule has 0 spiro atoms. The highest BCUT2D eigenvalue weighted by Gasteiger charge is 2.06. The standard InChI is InChI=1S/C11H10N2O2S2/c1-17(14,15)9-4-2-8(3-5-9)10-6-7-12-11(16)13-10/h2-7H,1H3,(H,12,13,16). The lowest BCUT2D eigenvalue weighted by Crippen LogP contribution is -1.96. The van der Waals surface area contributed by atoms with Gasteiger partial charge in [-0.25, -0.2) is 13.4 Å². The number of rotatable bonds is 2. The van der Waals surface area contributed by atoms with Crippen LogP contribution < -0.4 is 0 Å². The average molecular weight is 266 g/mol. The topological polar surface area (TPSA) is 62.8 Å². The van der Waals surface area contributed by atoms with E-state index < -0.39 is 9.84 Å². The molecule has 0 aliphatic carbocycles. The summed E-state index contributed by atoms with van der Waals surface area (Å²) >= 11 is 4.92. The predicted octanol–water partition coefficient (Wildman–Crippen LogP) is 2.21. The van der Waals surface area contributed by atoms with Crippen molar-refractivity contribution in [2.45, 2.75) is 4.90 Å². The van der Waals surface area contributed by atoms with Crippen LogP contribution in [0.25, 0.3) is 11.3 Å². The molecule has 1 aromatic heterocycles. The molecule has 1 N–H and O–H groups in total. The highest BCUT2D eigenvalue weighted by Crippen LogP contribution is 2.18. The molecule has 6 heteroatoms. The van der Waals surface area contributed by atoms with Crippen LogP contribution in [-0.4, -0.2) is 24.6 Å². The fourth-order valence-electron chi connectivity index (χ4n) is 1.42. The van der Waals surface area contributed by atoms with E-state index in [9.17, 15) is 8.42 Å². The lowest BCUT2D eigenvalue weighted by molar-refractivity contribution is 0.602. The molecule has 0 fully saturated rings. The van der Waals surface area contributed by atoms with Crippen molar-refractivity contribution in [2.24, 2.45) is 0 Å². The molecule has 88 valence electrons. The maximum Gasteiger partial charge on any atom is 0.197 e. The first-order valence-electron chi connectivity index (χ1n) is 4.83. The third-order valence-electron chi connectivity index (χ3n) is 2.27. The molecule has 0 saturated heterocycles. The van der Waals surface area contributed by atoms with Gasteiger partial charge in [0.2, 0.25) is 0 Å². The highest BCUT2D eigenvalue weighted by molar-refractivity contribution is 7.90. The molecule has 17 heavy (non-hydrogen) atoms. The number of hydrogen-bond donors (Lipinski definition) is 1. The zero-order valence-electron chi connectivity index (χ0n) is 9.04. The van der Waals surface area contributed by atoms with E-state index in [0.29, 0.717) is 9.67 Å². The van der Waals surface area contributed by atoms with E-state index in [4.69, 9.17) is 12.2 Å². The van der Waals surface area contributed by atoms with E-state index in [0.717, 1.165) is 11.3 Å². The second-order valence-corrected chi connectivity index (χ2v) is 5.99. The molecule has 0 bridgehead atoms. The van der Waals surface area contributed by atoms with Crippen LogP contribution in [0.15, 0.2) is 41.4 Å². The Bertz CT molecular complexity index is 688. The van der Waals surface area contributed by atoms with Crippen LogP contribution in [0, 0.1) is 4.77 Å². The summed E-state index contributed by atoms with van der Waals surface area (Å²) in [5.41, 5.74) is 1.68. The molecule has 0 amide bonds. The fraction of sp³-hybridized carbons (Fsp3) is 0.0909. The van der Waals surface area contributed by atoms with Gasteiger partial charge in [-0.05, 0) is 36.0 Å². The van der Waals surface area contributed by atoms with Crippen LogP contribution in [0.3, 0.4) is 0 Å². The van der Waals surface area contributed by atoms with Gasteiger partial charge in [0, 0.05) is 18.1 Å². The summed E-state index contributed by atoms with van der Waals surface area (Å²) in [5.74, 6) is 0. The van der Waals surface area contributed by atoms with Crippen molar-refractivity contribution in [3.05, 3.63) is 41.3 Å². The number of aromatic amines is 1. The maximum atomic E-state index is 11.3. The van der Waals surface area contributed by atoms with Crippen molar-refractivity contribution >= 4 is 22.1 Å². The Labute approximate surface area is 104 Å². The van der Waals surface area contributed by atoms with E-state index in [1.54, 1.807) is 36.5 Å². The first-order chi connectivity index (χ1) is 7.97. The number of nitrogens with zero attached hydrogens (tertiary/aromatic N) is 1. The Morgan fingerprint density at radius 2 is 1.82 bits per heavy atom. The predicted molar refractivity (Wildman–Crippen MR) is 68.0 cm³/mol. The molecule has 0 unspecified atom stereocenters. The van der Waals surface area contributed by atoms with Gasteiger partial charge >= 0.3 is 0 Å². The Kier molecular flexibility index (Phi) is 3.08. The average Bonchev–Trinajstić information content (AvgIpc) is 2.28. The largest absolute Gasteiger partial charge is 0.330 e. The lowest BCUT2D eigenvalue weighted by Gasteiger charge is -2.03. The summed E-state index contributed by atoms with van der Waals surface area (Å²) in [6.07, 6.45) is 2.79. The Morgan fingerprint density at radius 1 is 1.18 bits per heavy atom. The maximum absolute atomic E-state index is 11.3. The van der Waals surface area contributed by atoms with E-state index in [2.05, 4.69) is 9.97 Å². The second kappa shape index (κ2) is 4.38. The minimum Gasteiger partial charge on any atom is -0.330 e. The van der Waals surface area contributed by atoms with Gasteiger partial charge in [0.15, 0.2) is 14.6 Å². The molecule has 0 aliphatic heterocycles. The SMILES string of the molecule is CS(=O)(=O)c1ccc(-c2ccnc(=S)[nH]2)cc1. The first kappa shape index (κ1) is 11.9. The summed E-state index contributed by atoms with van der Waals surface area (Å²) < 4.78 is 23.0. The van der Waals surface area contributed by atoms with Crippen LogP contribution in [-0.2, 0) is 9.84 Å². The quantitative estimate of drug-likeness (QED) is 0.846. The first-order valence-corrected chi connectivity index (χ1v) is 7.12. The summed E-state index contributed by atoms with van der Waals surface area (Å²) in [7, 11) is -3.15. The molecule has 1 aromatic carbocycles. The van der Waals surface area contributed by atoms with E-state index in [1.165, 1.54) is 6.26 Å². The van der Waals surface area contributed by atoms with Gasteiger partial charge in [-0.2, -0.15) is 0 Å². The summed E-state index contributed by atoms with van der Waals surface area (Å²) in [5, 5.41) is 0. The molecule has 1 heterocycles. The Morgan fingerprint density at radius 3 is 2.35 bits per heavy atom. The van der Waals surface area contributed by atoms with Gasteiger partial charge in [0.1, 0.15) is 0 Å². The van der Waals surface area contributed by atoms with Crippen molar-refractivity contribution in [2.75, 3.05) is 6.26 Å². The third-order valence-corrected chi connectivity index (χ3v) is 3.60. The summed E-state index contributed by atoms with van der Waals surface area (Å²) in [6.45, 7) is 0. The van der Waals surface area contributed by atoms with E-state index >= 15 is 0 Å². The van der Waals surface area contributed by atoms with Gasteiger partial charge in [-0.15, -0.1) is 0 Å². The van der Waals surface area contributed by atoms with Gasteiger partial charge in [0.25, 0.3) is 0 Å². The van der Waals surface area contributed by atoms with Crippen LogP contribution >= 0.6 is 12.2 Å². The number of aromatic nitrogens is 2. The van der Waals surface area contributed by atoms with E-state index in [-0.39, 0.29) is 0 Å². The molecule has 2 rings (SSSR count). The van der Waals surface area contributed by atoms with Crippen molar-refractivity contribution in [1.82, 2.24) is 9.97 Å². The molecular formula is C11H10N2O2S2. The highest BCUT2D eigenvalue weighted by atomic mass is 32.2. The minimum atomic E-state index is -3.15. The minimum absolute atomic E-state index is 0.300. The Balaban J connectivity index is 2.46. The normalized spacial score (nSPS) is 11.4. The zero-order chi connectivity index (χ0) is 12.5. The third kappa shape index (κ3) is 2.78. The van der Waals surface area contributed by atoms with Crippen molar-refractivity contribution < 1.29 is 8.42 Å². The number of H-pyrrole nitrogens is 1. The molecule has 0 saturated carbocycles. The van der Waals surface area contributed by atoms with E-state index in [1.807, 2.05) is 0 Å². The number of hydrogen-bond acceptors (Lipinski definition) is 4. The molecule has 0 atom stereocenters. The molecule has 4 nitrogen and oxygen atoms in total. The van der Waals surface area contributed by atoms with Gasteiger partial charge in [0.05, 0.1) is 4.90 Å². The summed E-state index contributed by atoms with van der Waals surface area (Å²) in [6, 6.07) is 8.39. The smallest absolute Gasteiger partial charge is 0.197 e. The number of nitrogens with one attached hydrogen (secondary N) is 1. The lowest BCUT2D eigenvalue weighted by atomic mass is 10.1. The monoisotopic (exact) mass is 266 g/mol. The molecule has 0 radical (unpaired) electrons. The van der Waals surface area contributed by atoms with Gasteiger partial charge in [-0.1, -0.05) is 12.1 Å². The number of sulfone groups is 1. The van der Waals surface area contributed by atoms with Crippen LogP contribution in [0.2, 0.25) is 0 Å².